The van der Waals surface area contributed by atoms with Gasteiger partial charge in [-0.05, 0) is 36.9 Å². The molecule has 1 heterocycles. The monoisotopic (exact) mass is 237 g/mol. The zero-order chi connectivity index (χ0) is 11.8. The molecule has 0 saturated carbocycles. The smallest absolute Gasteiger partial charge is 0.231 e. The van der Waals surface area contributed by atoms with Crippen LogP contribution in [0.25, 0.3) is 0 Å². The molecular weight excluding hydrogens is 222 g/mol. The normalized spacial score (nSPS) is 20.9. The lowest BCUT2D eigenvalue weighted by molar-refractivity contribution is -0.118. The molecule has 2 N–H and O–H groups in total. The number of nitrogens with one attached hydrogen (secondary N) is 1. The van der Waals surface area contributed by atoms with E-state index in [1.807, 2.05) is 24.3 Å². The number of carbonyl (C=O) groups excluding carboxylic acids is 1. The lowest BCUT2D eigenvalue weighted by Gasteiger charge is -2.19. The Morgan fingerprint density at radius 1 is 1.50 bits per heavy atom. The van der Waals surface area contributed by atoms with Crippen LogP contribution >= 0.6 is 11.9 Å². The molecule has 0 bridgehead atoms. The molecule has 1 fully saturated rings. The van der Waals surface area contributed by atoms with Crippen molar-refractivity contribution < 1.29 is 9.90 Å². The summed E-state index contributed by atoms with van der Waals surface area (Å²) in [5, 5.41) is 10.1. The molecule has 1 saturated heterocycles. The minimum absolute atomic E-state index is 0.0728. The third-order valence-electron chi connectivity index (χ3n) is 2.65. The maximum absolute atomic E-state index is 11.1. The van der Waals surface area contributed by atoms with Gasteiger partial charge in [0.2, 0.25) is 5.91 Å². The van der Waals surface area contributed by atoms with Gasteiger partial charge in [0.1, 0.15) is 0 Å². The molecule has 86 valence electrons. The highest BCUT2D eigenvalue weighted by molar-refractivity contribution is 7.98. The van der Waals surface area contributed by atoms with Crippen LogP contribution in [0.3, 0.4) is 0 Å². The van der Waals surface area contributed by atoms with Crippen molar-refractivity contribution in [3.8, 4) is 0 Å². The first-order valence-electron chi connectivity index (χ1n) is 5.24. The van der Waals surface area contributed by atoms with E-state index in [1.165, 1.54) is 11.9 Å². The Balaban J connectivity index is 2.26. The summed E-state index contributed by atoms with van der Waals surface area (Å²) in [6.07, 6.45) is 0.514. The number of carbonyl (C=O) groups is 1. The average Bonchev–Trinajstić information content (AvgIpc) is 2.64. The van der Waals surface area contributed by atoms with E-state index < -0.39 is 5.60 Å². The van der Waals surface area contributed by atoms with Crippen LogP contribution in [0.1, 0.15) is 36.6 Å². The van der Waals surface area contributed by atoms with Crippen molar-refractivity contribution in [2.24, 2.45) is 0 Å². The summed E-state index contributed by atoms with van der Waals surface area (Å²) in [6, 6.07) is 7.79. The van der Waals surface area contributed by atoms with Crippen molar-refractivity contribution in [3.63, 3.8) is 0 Å². The van der Waals surface area contributed by atoms with E-state index in [2.05, 4.69) is 4.72 Å². The molecule has 1 unspecified atom stereocenters. The molecule has 0 aromatic heterocycles. The van der Waals surface area contributed by atoms with Crippen LogP contribution in [0.15, 0.2) is 24.3 Å². The topological polar surface area (TPSA) is 49.3 Å². The summed E-state index contributed by atoms with van der Waals surface area (Å²) in [5.74, 6) is 0.0728. The van der Waals surface area contributed by atoms with E-state index in [9.17, 15) is 9.90 Å². The molecule has 1 atom stereocenters. The van der Waals surface area contributed by atoms with Gasteiger partial charge in [-0.2, -0.15) is 0 Å². The number of benzene rings is 1. The van der Waals surface area contributed by atoms with Crippen LogP contribution in [0.5, 0.6) is 0 Å². The first-order valence-corrected chi connectivity index (χ1v) is 6.12. The molecule has 1 aromatic rings. The lowest BCUT2D eigenvalue weighted by Crippen LogP contribution is -2.15. The van der Waals surface area contributed by atoms with Gasteiger partial charge in [0, 0.05) is 6.42 Å². The predicted molar refractivity (Wildman–Crippen MR) is 64.8 cm³/mol. The highest BCUT2D eigenvalue weighted by atomic mass is 32.2. The molecule has 4 heteroatoms. The fourth-order valence-electron chi connectivity index (χ4n) is 1.69. The van der Waals surface area contributed by atoms with E-state index in [-0.39, 0.29) is 11.2 Å². The van der Waals surface area contributed by atoms with Crippen LogP contribution < -0.4 is 4.72 Å². The largest absolute Gasteiger partial charge is 0.386 e. The summed E-state index contributed by atoms with van der Waals surface area (Å²) >= 11 is 1.44. The van der Waals surface area contributed by atoms with Crippen molar-refractivity contribution in [1.82, 2.24) is 4.72 Å². The summed E-state index contributed by atoms with van der Waals surface area (Å²) in [7, 11) is 0. The number of hydrogen-bond acceptors (Lipinski definition) is 3. The average molecular weight is 237 g/mol. The minimum Gasteiger partial charge on any atom is -0.386 e. The molecule has 0 radical (unpaired) electrons. The number of aliphatic hydroxyl groups is 1. The fraction of sp³-hybridized carbons (Fsp3) is 0.417. The van der Waals surface area contributed by atoms with Crippen molar-refractivity contribution >= 4 is 17.9 Å². The standard InChI is InChI=1S/C12H15NO2S/c1-12(2,15)9-5-3-4-8(6-9)10-7-11(14)13-16-10/h3-6,10,15H,7H2,1-2H3,(H,13,14). The summed E-state index contributed by atoms with van der Waals surface area (Å²) in [6.45, 7) is 3.52. The zero-order valence-corrected chi connectivity index (χ0v) is 10.2. The Morgan fingerprint density at radius 2 is 2.25 bits per heavy atom. The van der Waals surface area contributed by atoms with Crippen LogP contribution in [-0.4, -0.2) is 11.0 Å². The summed E-state index contributed by atoms with van der Waals surface area (Å²) in [5.41, 5.74) is 1.13. The molecule has 3 nitrogen and oxygen atoms in total. The van der Waals surface area contributed by atoms with E-state index in [1.54, 1.807) is 13.8 Å². The van der Waals surface area contributed by atoms with E-state index in [4.69, 9.17) is 0 Å². The van der Waals surface area contributed by atoms with E-state index >= 15 is 0 Å². The molecular formula is C12H15NO2S. The molecule has 0 aliphatic carbocycles. The first-order chi connectivity index (χ1) is 7.47. The lowest BCUT2D eigenvalue weighted by atomic mass is 9.95. The zero-order valence-electron chi connectivity index (χ0n) is 9.36. The Morgan fingerprint density at radius 3 is 2.81 bits per heavy atom. The van der Waals surface area contributed by atoms with Gasteiger partial charge in [-0.25, -0.2) is 0 Å². The summed E-state index contributed by atoms with van der Waals surface area (Å²) in [4.78, 5) is 11.1. The van der Waals surface area contributed by atoms with Crippen molar-refractivity contribution in [2.75, 3.05) is 0 Å². The van der Waals surface area contributed by atoms with Crippen molar-refractivity contribution in [1.29, 1.82) is 0 Å². The first kappa shape index (κ1) is 11.5. The van der Waals surface area contributed by atoms with E-state index in [0.717, 1.165) is 11.1 Å². The maximum Gasteiger partial charge on any atom is 0.231 e. The minimum atomic E-state index is -0.837. The second-order valence-electron chi connectivity index (χ2n) is 4.52. The van der Waals surface area contributed by atoms with Gasteiger partial charge in [-0.3, -0.25) is 9.52 Å². The molecule has 1 aliphatic heterocycles. The molecule has 1 aromatic carbocycles. The third kappa shape index (κ3) is 2.39. The molecule has 16 heavy (non-hydrogen) atoms. The fourth-order valence-corrected chi connectivity index (χ4v) is 2.57. The van der Waals surface area contributed by atoms with Crippen LogP contribution in [-0.2, 0) is 10.4 Å². The van der Waals surface area contributed by atoms with E-state index in [0.29, 0.717) is 6.42 Å². The van der Waals surface area contributed by atoms with Gasteiger partial charge in [-0.1, -0.05) is 24.3 Å². The molecule has 2 rings (SSSR count). The van der Waals surface area contributed by atoms with Gasteiger partial charge in [0.05, 0.1) is 10.9 Å². The van der Waals surface area contributed by atoms with Crippen molar-refractivity contribution in [2.45, 2.75) is 31.1 Å². The quantitative estimate of drug-likeness (QED) is 0.775. The van der Waals surface area contributed by atoms with Crippen LogP contribution in [0, 0.1) is 0 Å². The Bertz CT molecular complexity index is 412. The van der Waals surface area contributed by atoms with Gasteiger partial charge >= 0.3 is 0 Å². The van der Waals surface area contributed by atoms with Gasteiger partial charge in [-0.15, -0.1) is 0 Å². The number of hydrogen-bond donors (Lipinski definition) is 2. The predicted octanol–water partition coefficient (Wildman–Crippen LogP) is 2.12. The summed E-state index contributed by atoms with van der Waals surface area (Å²) < 4.78 is 2.74. The maximum atomic E-state index is 11.1. The number of rotatable bonds is 2. The van der Waals surface area contributed by atoms with Gasteiger partial charge in [0.25, 0.3) is 0 Å². The number of amides is 1. The van der Waals surface area contributed by atoms with Gasteiger partial charge < -0.3 is 5.11 Å². The van der Waals surface area contributed by atoms with Crippen LogP contribution in [0.2, 0.25) is 0 Å². The second-order valence-corrected chi connectivity index (χ2v) is 5.53. The molecule has 1 aliphatic rings. The van der Waals surface area contributed by atoms with Crippen molar-refractivity contribution in [3.05, 3.63) is 35.4 Å². The SMILES string of the molecule is CC(C)(O)c1cccc(C2CC(=O)NS2)c1. The highest BCUT2D eigenvalue weighted by Crippen LogP contribution is 2.36. The van der Waals surface area contributed by atoms with Gasteiger partial charge in [0.15, 0.2) is 0 Å². The Kier molecular flexibility index (Phi) is 2.95. The molecule has 0 spiro atoms. The molecule has 1 amide bonds. The second kappa shape index (κ2) is 4.11. The Hall–Kier alpha value is -1.00. The third-order valence-corrected chi connectivity index (χ3v) is 3.72. The van der Waals surface area contributed by atoms with Crippen LogP contribution in [0.4, 0.5) is 0 Å². The Labute approximate surface area is 99.4 Å². The highest BCUT2D eigenvalue weighted by Gasteiger charge is 2.25.